The molecule has 1 saturated heterocycles. The summed E-state index contributed by atoms with van der Waals surface area (Å²) in [6, 6.07) is 10.1. The molecule has 2 aromatic rings. The van der Waals surface area contributed by atoms with Crippen molar-refractivity contribution in [3.63, 3.8) is 0 Å². The lowest BCUT2D eigenvalue weighted by Gasteiger charge is -2.29. The fourth-order valence-corrected chi connectivity index (χ4v) is 4.59. The molecule has 8 nitrogen and oxygen atoms in total. The van der Waals surface area contributed by atoms with E-state index in [1.54, 1.807) is 18.2 Å². The summed E-state index contributed by atoms with van der Waals surface area (Å²) in [5, 5.41) is 24.0. The molecule has 0 bridgehead atoms. The molecule has 2 aromatic carbocycles. The molecule has 0 aliphatic carbocycles. The molecule has 1 amide bonds. The number of nitrogens with zero attached hydrogens (tertiary/aromatic N) is 1. The lowest BCUT2D eigenvalue weighted by atomic mass is 10.00. The Bertz CT molecular complexity index is 1050. The first-order valence-electron chi connectivity index (χ1n) is 12.4. The predicted molar refractivity (Wildman–Crippen MR) is 131 cm³/mol. The van der Waals surface area contributed by atoms with Crippen LogP contribution in [0.4, 0.5) is 4.39 Å². The minimum Gasteiger partial charge on any atom is -0.486 e. The molecule has 3 atom stereocenters. The molecular weight excluding hydrogens is 467 g/mol. The number of ketones is 1. The maximum atomic E-state index is 13.0. The summed E-state index contributed by atoms with van der Waals surface area (Å²) in [6.07, 6.45) is 0.778. The first-order valence-corrected chi connectivity index (χ1v) is 12.4. The maximum absolute atomic E-state index is 13.0. The Morgan fingerprint density at radius 2 is 1.78 bits per heavy atom. The number of aliphatic hydroxyl groups excluding tert-OH is 2. The van der Waals surface area contributed by atoms with Crippen LogP contribution in [0.5, 0.6) is 11.5 Å². The van der Waals surface area contributed by atoms with Crippen molar-refractivity contribution in [1.82, 2.24) is 10.2 Å². The zero-order valence-corrected chi connectivity index (χ0v) is 20.2. The highest BCUT2D eigenvalue weighted by molar-refractivity contribution is 5.96. The van der Waals surface area contributed by atoms with Crippen molar-refractivity contribution in [2.24, 2.45) is 0 Å². The van der Waals surface area contributed by atoms with E-state index in [1.807, 2.05) is 4.90 Å². The van der Waals surface area contributed by atoms with E-state index >= 15 is 0 Å². The number of ether oxygens (including phenoxy) is 2. The van der Waals surface area contributed by atoms with Gasteiger partial charge in [-0.25, -0.2) is 4.39 Å². The second kappa shape index (κ2) is 12.3. The van der Waals surface area contributed by atoms with Gasteiger partial charge in [0.15, 0.2) is 17.3 Å². The van der Waals surface area contributed by atoms with E-state index in [2.05, 4.69) is 5.32 Å². The Labute approximate surface area is 210 Å². The number of likely N-dealkylation sites (tertiary alicyclic amines) is 1. The standard InChI is InChI=1S/C27H33FN2O6/c28-20-8-5-18(6-9-20)23(32)3-1-2-4-26(33)29-22(17-30-12-11-21(31)16-30)27(34)19-7-10-24-25(15-19)36-14-13-35-24/h5-10,15,21-22,27,31,34H,1-4,11-14,16-17H2,(H,29,33)/t21-,22+,27+/m0/s1. The second-order valence-corrected chi connectivity index (χ2v) is 9.36. The van der Waals surface area contributed by atoms with Gasteiger partial charge in [0.05, 0.1) is 12.1 Å². The fourth-order valence-electron chi connectivity index (χ4n) is 4.59. The van der Waals surface area contributed by atoms with Gasteiger partial charge in [0.2, 0.25) is 5.91 Å². The zero-order chi connectivity index (χ0) is 25.5. The lowest BCUT2D eigenvalue weighted by Crippen LogP contribution is -2.47. The normalized spacial score (nSPS) is 19.0. The Balaban J connectivity index is 1.32. The minimum atomic E-state index is -0.984. The van der Waals surface area contributed by atoms with Gasteiger partial charge in [-0.05, 0) is 61.2 Å². The van der Waals surface area contributed by atoms with Crippen molar-refractivity contribution in [1.29, 1.82) is 0 Å². The highest BCUT2D eigenvalue weighted by Crippen LogP contribution is 2.33. The average molecular weight is 501 g/mol. The number of rotatable bonds is 11. The Morgan fingerprint density at radius 1 is 1.06 bits per heavy atom. The summed E-state index contributed by atoms with van der Waals surface area (Å²) in [5.41, 5.74) is 1.06. The van der Waals surface area contributed by atoms with Crippen LogP contribution in [0.25, 0.3) is 0 Å². The number of carbonyl (C=O) groups excluding carboxylic acids is 2. The number of fused-ring (bicyclic) bond motifs is 1. The van der Waals surface area contributed by atoms with Gasteiger partial charge in [0.25, 0.3) is 0 Å². The summed E-state index contributed by atoms with van der Waals surface area (Å²) in [7, 11) is 0. The molecule has 0 saturated carbocycles. The number of unbranched alkanes of at least 4 members (excludes halogenated alkanes) is 1. The van der Waals surface area contributed by atoms with Crippen molar-refractivity contribution in [2.45, 2.75) is 50.4 Å². The molecule has 9 heteroatoms. The molecule has 0 radical (unpaired) electrons. The molecule has 2 aliphatic heterocycles. The molecule has 194 valence electrons. The van der Waals surface area contributed by atoms with Gasteiger partial charge >= 0.3 is 0 Å². The summed E-state index contributed by atoms with van der Waals surface area (Å²) in [6.45, 7) is 2.47. The molecule has 0 spiro atoms. The van der Waals surface area contributed by atoms with E-state index in [9.17, 15) is 24.2 Å². The van der Waals surface area contributed by atoms with Crippen molar-refractivity contribution in [2.75, 3.05) is 32.8 Å². The lowest BCUT2D eigenvalue weighted by molar-refractivity contribution is -0.123. The van der Waals surface area contributed by atoms with Crippen molar-refractivity contribution in [3.05, 3.63) is 59.4 Å². The highest BCUT2D eigenvalue weighted by Gasteiger charge is 2.29. The third kappa shape index (κ3) is 7.02. The SMILES string of the molecule is O=C(CCCCC(=O)c1ccc(F)cc1)N[C@H](CN1CC[C@H](O)C1)[C@H](O)c1ccc2c(c1)OCCO2. The van der Waals surface area contributed by atoms with Crippen LogP contribution in [0.3, 0.4) is 0 Å². The molecule has 0 unspecified atom stereocenters. The van der Waals surface area contributed by atoms with Crippen molar-refractivity contribution >= 4 is 11.7 Å². The monoisotopic (exact) mass is 500 g/mol. The first-order chi connectivity index (χ1) is 17.4. The fraction of sp³-hybridized carbons (Fsp3) is 0.481. The third-order valence-corrected chi connectivity index (χ3v) is 6.56. The summed E-state index contributed by atoms with van der Waals surface area (Å²) < 4.78 is 24.2. The number of hydrogen-bond acceptors (Lipinski definition) is 7. The highest BCUT2D eigenvalue weighted by atomic mass is 19.1. The van der Waals surface area contributed by atoms with Crippen molar-refractivity contribution < 1.29 is 33.7 Å². The molecule has 0 aromatic heterocycles. The number of hydrogen-bond donors (Lipinski definition) is 3. The quantitative estimate of drug-likeness (QED) is 0.322. The zero-order valence-electron chi connectivity index (χ0n) is 20.2. The molecule has 1 fully saturated rings. The van der Waals surface area contributed by atoms with Gasteiger partial charge in [-0.2, -0.15) is 0 Å². The Hall–Kier alpha value is -3.01. The van der Waals surface area contributed by atoms with E-state index < -0.39 is 18.2 Å². The number of amides is 1. The number of β-amino-alcohol motifs (C(OH)–C–C–N with tert-alkyl or cyclic N) is 1. The van der Waals surface area contributed by atoms with Crippen LogP contribution in [0.1, 0.15) is 54.1 Å². The summed E-state index contributed by atoms with van der Waals surface area (Å²) >= 11 is 0. The molecule has 36 heavy (non-hydrogen) atoms. The van der Waals surface area contributed by atoms with Crippen LogP contribution < -0.4 is 14.8 Å². The Kier molecular flexibility index (Phi) is 8.90. The van der Waals surface area contributed by atoms with E-state index in [0.29, 0.717) is 74.7 Å². The van der Waals surface area contributed by atoms with Gasteiger partial charge in [0.1, 0.15) is 25.1 Å². The minimum absolute atomic E-state index is 0.0880. The van der Waals surface area contributed by atoms with Crippen LogP contribution in [0, 0.1) is 5.82 Å². The number of carbonyl (C=O) groups is 2. The first kappa shape index (κ1) is 26.1. The van der Waals surface area contributed by atoms with Crippen LogP contribution >= 0.6 is 0 Å². The number of benzene rings is 2. The van der Waals surface area contributed by atoms with Crippen LogP contribution in [0.15, 0.2) is 42.5 Å². The van der Waals surface area contributed by atoms with Gasteiger partial charge in [-0.1, -0.05) is 6.07 Å². The topological polar surface area (TPSA) is 108 Å². The average Bonchev–Trinajstić information content (AvgIpc) is 3.30. The van der Waals surface area contributed by atoms with Crippen LogP contribution in [-0.4, -0.2) is 71.8 Å². The third-order valence-electron chi connectivity index (χ3n) is 6.56. The second-order valence-electron chi connectivity index (χ2n) is 9.36. The van der Waals surface area contributed by atoms with Gasteiger partial charge in [-0.15, -0.1) is 0 Å². The van der Waals surface area contributed by atoms with E-state index in [1.165, 1.54) is 24.3 Å². The number of Topliss-reactive ketones (excluding diaryl/α,β-unsaturated/α-hetero) is 1. The molecule has 2 aliphatic rings. The molecule has 2 heterocycles. The number of aliphatic hydroxyl groups is 2. The van der Waals surface area contributed by atoms with Crippen LogP contribution in [0.2, 0.25) is 0 Å². The van der Waals surface area contributed by atoms with E-state index in [0.717, 1.165) is 0 Å². The smallest absolute Gasteiger partial charge is 0.220 e. The largest absolute Gasteiger partial charge is 0.486 e. The van der Waals surface area contributed by atoms with E-state index in [4.69, 9.17) is 9.47 Å². The molecular formula is C27H33FN2O6. The van der Waals surface area contributed by atoms with Gasteiger partial charge in [-0.3, -0.25) is 14.5 Å². The van der Waals surface area contributed by atoms with Crippen LogP contribution in [-0.2, 0) is 4.79 Å². The summed E-state index contributed by atoms with van der Waals surface area (Å²) in [5.74, 6) is 0.487. The maximum Gasteiger partial charge on any atom is 0.220 e. The number of nitrogens with one attached hydrogen (secondary N) is 1. The van der Waals surface area contributed by atoms with Gasteiger partial charge in [0, 0.05) is 38.0 Å². The van der Waals surface area contributed by atoms with E-state index in [-0.39, 0.29) is 30.3 Å². The summed E-state index contributed by atoms with van der Waals surface area (Å²) in [4.78, 5) is 27.0. The Morgan fingerprint density at radius 3 is 2.50 bits per heavy atom. The van der Waals surface area contributed by atoms with Gasteiger partial charge < -0.3 is 25.0 Å². The van der Waals surface area contributed by atoms with Crippen molar-refractivity contribution in [3.8, 4) is 11.5 Å². The molecule has 3 N–H and O–H groups in total. The predicted octanol–water partition coefficient (Wildman–Crippen LogP) is 2.63. The number of halogens is 1. The molecule has 4 rings (SSSR count).